The number of fused-ring (bicyclic) bond motifs is 1. The molecule has 0 radical (unpaired) electrons. The predicted octanol–water partition coefficient (Wildman–Crippen LogP) is 3.38. The fourth-order valence-corrected chi connectivity index (χ4v) is 2.32. The van der Waals surface area contributed by atoms with Crippen molar-refractivity contribution in [1.82, 2.24) is 5.16 Å². The van der Waals surface area contributed by atoms with Gasteiger partial charge in [-0.05, 0) is 25.3 Å². The molecule has 2 heterocycles. The van der Waals surface area contributed by atoms with Crippen molar-refractivity contribution in [2.45, 2.75) is 19.3 Å². The summed E-state index contributed by atoms with van der Waals surface area (Å²) in [5, 5.41) is 4.64. The van der Waals surface area contributed by atoms with E-state index in [4.69, 9.17) is 4.52 Å². The lowest BCUT2D eigenvalue weighted by molar-refractivity contribution is 0.454. The maximum absolute atomic E-state index is 13.4. The van der Waals surface area contributed by atoms with Crippen LogP contribution in [-0.4, -0.2) is 18.2 Å². The second kappa shape index (κ2) is 4.92. The van der Waals surface area contributed by atoms with Gasteiger partial charge in [0, 0.05) is 19.2 Å². The Bertz CT molecular complexity index is 508. The molecule has 1 aliphatic rings. The number of aromatic nitrogens is 1. The van der Waals surface area contributed by atoms with Crippen molar-refractivity contribution in [3.05, 3.63) is 24.1 Å². The average Bonchev–Trinajstić information content (AvgIpc) is 2.77. The molecule has 0 saturated carbocycles. The molecular weight excluding hydrogens is 243 g/mol. The summed E-state index contributed by atoms with van der Waals surface area (Å²) in [5.41, 5.74) is 1.44. The molecule has 0 aliphatic carbocycles. The molecule has 3 rings (SSSR count). The molecule has 0 atom stereocenters. The summed E-state index contributed by atoms with van der Waals surface area (Å²) in [6, 6.07) is 2.96. The van der Waals surface area contributed by atoms with Crippen molar-refractivity contribution in [2.24, 2.45) is 0 Å². The quantitative estimate of drug-likeness (QED) is 0.783. The van der Waals surface area contributed by atoms with Crippen LogP contribution in [0.25, 0.3) is 11.0 Å². The topological polar surface area (TPSA) is 29.3 Å². The zero-order chi connectivity index (χ0) is 11.0. The summed E-state index contributed by atoms with van der Waals surface area (Å²) in [7, 11) is 0. The number of hydrogen-bond acceptors (Lipinski definition) is 3. The molecule has 2 aromatic rings. The van der Waals surface area contributed by atoms with E-state index < -0.39 is 0 Å². The standard InChI is InChI=1S/C12H13FN2O.ClH/c13-9-6-11(15-4-2-1-3-5-15)10-8-14-16-12(10)7-9;/h6-8H,1-5H2;1H. The normalized spacial score (nSPS) is 15.9. The SMILES string of the molecule is Cl.Fc1cc(N2CCCCC2)c2cnoc2c1. The molecule has 0 amide bonds. The number of nitrogens with zero attached hydrogens (tertiary/aromatic N) is 2. The Labute approximate surface area is 105 Å². The van der Waals surface area contributed by atoms with Crippen LogP contribution < -0.4 is 4.90 Å². The maximum Gasteiger partial charge on any atom is 0.171 e. The zero-order valence-corrected chi connectivity index (χ0v) is 10.2. The van der Waals surface area contributed by atoms with Gasteiger partial charge in [0.05, 0.1) is 17.3 Å². The van der Waals surface area contributed by atoms with Crippen LogP contribution in [0.1, 0.15) is 19.3 Å². The van der Waals surface area contributed by atoms with Crippen LogP contribution in [0.5, 0.6) is 0 Å². The first-order chi connectivity index (χ1) is 7.84. The molecule has 1 fully saturated rings. The van der Waals surface area contributed by atoms with Crippen LogP contribution in [0.4, 0.5) is 10.1 Å². The summed E-state index contributed by atoms with van der Waals surface area (Å²) in [6.45, 7) is 1.98. The molecule has 92 valence electrons. The lowest BCUT2D eigenvalue weighted by Crippen LogP contribution is -2.29. The summed E-state index contributed by atoms with van der Waals surface area (Å²) >= 11 is 0. The van der Waals surface area contributed by atoms with Gasteiger partial charge in [-0.1, -0.05) is 5.16 Å². The van der Waals surface area contributed by atoms with Crippen LogP contribution in [0, 0.1) is 5.82 Å². The van der Waals surface area contributed by atoms with E-state index in [1.807, 2.05) is 0 Å². The van der Waals surface area contributed by atoms with Crippen molar-refractivity contribution in [2.75, 3.05) is 18.0 Å². The van der Waals surface area contributed by atoms with Crippen molar-refractivity contribution in [3.63, 3.8) is 0 Å². The number of benzene rings is 1. The fraction of sp³-hybridized carbons (Fsp3) is 0.417. The Morgan fingerprint density at radius 2 is 1.94 bits per heavy atom. The fourth-order valence-electron chi connectivity index (χ4n) is 2.32. The summed E-state index contributed by atoms with van der Waals surface area (Å²) < 4.78 is 18.4. The lowest BCUT2D eigenvalue weighted by Gasteiger charge is -2.29. The van der Waals surface area contributed by atoms with Gasteiger partial charge in [-0.15, -0.1) is 12.4 Å². The first kappa shape index (κ1) is 12.2. The van der Waals surface area contributed by atoms with E-state index >= 15 is 0 Å². The van der Waals surface area contributed by atoms with Gasteiger partial charge in [-0.3, -0.25) is 0 Å². The molecule has 0 unspecified atom stereocenters. The van der Waals surface area contributed by atoms with Crippen LogP contribution in [0.3, 0.4) is 0 Å². The monoisotopic (exact) mass is 256 g/mol. The first-order valence-electron chi connectivity index (χ1n) is 5.63. The molecule has 1 aromatic heterocycles. The lowest BCUT2D eigenvalue weighted by atomic mass is 10.1. The summed E-state index contributed by atoms with van der Waals surface area (Å²) in [5.74, 6) is -0.259. The first-order valence-corrected chi connectivity index (χ1v) is 5.63. The molecule has 5 heteroatoms. The van der Waals surface area contributed by atoms with Gasteiger partial charge >= 0.3 is 0 Å². The van der Waals surface area contributed by atoms with E-state index in [1.165, 1.54) is 25.3 Å². The highest BCUT2D eigenvalue weighted by molar-refractivity contribution is 5.90. The predicted molar refractivity (Wildman–Crippen MR) is 67.3 cm³/mol. The van der Waals surface area contributed by atoms with Gasteiger partial charge in [0.25, 0.3) is 0 Å². The largest absolute Gasteiger partial charge is 0.371 e. The summed E-state index contributed by atoms with van der Waals surface area (Å²) in [4.78, 5) is 2.21. The number of rotatable bonds is 1. The third-order valence-corrected chi connectivity index (χ3v) is 3.11. The molecule has 0 spiro atoms. The average molecular weight is 257 g/mol. The van der Waals surface area contributed by atoms with E-state index in [0.717, 1.165) is 24.2 Å². The molecule has 1 aliphatic heterocycles. The minimum Gasteiger partial charge on any atom is -0.371 e. The molecule has 3 nitrogen and oxygen atoms in total. The molecule has 0 bridgehead atoms. The minimum atomic E-state index is -0.259. The number of halogens is 2. The second-order valence-corrected chi connectivity index (χ2v) is 4.21. The Balaban J connectivity index is 0.00000108. The second-order valence-electron chi connectivity index (χ2n) is 4.21. The molecule has 1 aromatic carbocycles. The van der Waals surface area contributed by atoms with Crippen LogP contribution in [0.15, 0.2) is 22.9 Å². The van der Waals surface area contributed by atoms with Crippen molar-refractivity contribution >= 4 is 29.1 Å². The van der Waals surface area contributed by atoms with E-state index in [2.05, 4.69) is 10.1 Å². The van der Waals surface area contributed by atoms with Crippen LogP contribution in [0.2, 0.25) is 0 Å². The smallest absolute Gasteiger partial charge is 0.171 e. The Kier molecular flexibility index (Phi) is 3.52. The van der Waals surface area contributed by atoms with Crippen LogP contribution >= 0.6 is 12.4 Å². The number of hydrogen-bond donors (Lipinski definition) is 0. The van der Waals surface area contributed by atoms with Gasteiger partial charge in [-0.2, -0.15) is 0 Å². The van der Waals surface area contributed by atoms with E-state index in [0.29, 0.717) is 5.58 Å². The van der Waals surface area contributed by atoms with Gasteiger partial charge < -0.3 is 9.42 Å². The third kappa shape index (κ3) is 2.22. The molecule has 1 saturated heterocycles. The van der Waals surface area contributed by atoms with Gasteiger partial charge in [0.2, 0.25) is 0 Å². The Hall–Kier alpha value is -1.29. The highest BCUT2D eigenvalue weighted by atomic mass is 35.5. The Morgan fingerprint density at radius 3 is 2.71 bits per heavy atom. The number of piperidine rings is 1. The molecule has 0 N–H and O–H groups in total. The van der Waals surface area contributed by atoms with E-state index in [1.54, 1.807) is 12.3 Å². The highest BCUT2D eigenvalue weighted by Crippen LogP contribution is 2.30. The minimum absolute atomic E-state index is 0. The van der Waals surface area contributed by atoms with Crippen molar-refractivity contribution in [3.8, 4) is 0 Å². The van der Waals surface area contributed by atoms with Crippen molar-refractivity contribution in [1.29, 1.82) is 0 Å². The van der Waals surface area contributed by atoms with Gasteiger partial charge in [0.15, 0.2) is 5.58 Å². The third-order valence-electron chi connectivity index (χ3n) is 3.11. The van der Waals surface area contributed by atoms with E-state index in [9.17, 15) is 4.39 Å². The van der Waals surface area contributed by atoms with E-state index in [-0.39, 0.29) is 18.2 Å². The van der Waals surface area contributed by atoms with Crippen LogP contribution in [-0.2, 0) is 0 Å². The molecule has 17 heavy (non-hydrogen) atoms. The van der Waals surface area contributed by atoms with Gasteiger partial charge in [-0.25, -0.2) is 4.39 Å². The zero-order valence-electron chi connectivity index (χ0n) is 9.36. The highest BCUT2D eigenvalue weighted by Gasteiger charge is 2.16. The Morgan fingerprint density at radius 1 is 1.18 bits per heavy atom. The summed E-state index contributed by atoms with van der Waals surface area (Å²) in [6.07, 6.45) is 5.27. The van der Waals surface area contributed by atoms with Crippen molar-refractivity contribution < 1.29 is 8.91 Å². The maximum atomic E-state index is 13.4. The van der Waals surface area contributed by atoms with Gasteiger partial charge in [0.1, 0.15) is 5.82 Å². The molecular formula is C12H14ClFN2O. The number of anilines is 1.